The zero-order valence-corrected chi connectivity index (χ0v) is 17.3. The monoisotopic (exact) mass is 445 g/mol. The molecule has 2 atom stereocenters. The van der Waals surface area contributed by atoms with Crippen molar-refractivity contribution in [2.75, 3.05) is 26.6 Å². The molecular formula is C19H20BrN5O3. The van der Waals surface area contributed by atoms with E-state index >= 15 is 0 Å². The van der Waals surface area contributed by atoms with E-state index in [1.54, 1.807) is 26.0 Å². The van der Waals surface area contributed by atoms with Gasteiger partial charge >= 0.3 is 0 Å². The average Bonchev–Trinajstić information content (AvgIpc) is 3.20. The highest BCUT2D eigenvalue weighted by Crippen LogP contribution is 2.44. The zero-order chi connectivity index (χ0) is 19.7. The van der Waals surface area contributed by atoms with Crippen LogP contribution < -0.4 is 19.5 Å². The predicted octanol–water partition coefficient (Wildman–Crippen LogP) is 3.61. The molecule has 3 aromatic rings. The second-order valence-corrected chi connectivity index (χ2v) is 7.32. The van der Waals surface area contributed by atoms with Gasteiger partial charge in [0.25, 0.3) is 0 Å². The topological polar surface area (TPSA) is 83.3 Å². The summed E-state index contributed by atoms with van der Waals surface area (Å²) in [5, 5.41) is 15.6. The number of rotatable bonds is 5. The molecule has 2 heterocycles. The molecule has 1 N–H and O–H groups in total. The molecule has 0 aliphatic carbocycles. The maximum atomic E-state index is 5.65. The number of hydrogen-bond donors (Lipinski definition) is 1. The van der Waals surface area contributed by atoms with E-state index in [0.29, 0.717) is 23.2 Å². The Morgan fingerprint density at radius 2 is 1.79 bits per heavy atom. The SMILES string of the molecule is COc1cc(OC)c([C@H]2C[C@@H](c3cccc(Br)c3)Nc3nnnn32)cc1OC. The van der Waals surface area contributed by atoms with Gasteiger partial charge in [-0.3, -0.25) is 0 Å². The number of methoxy groups -OCH3 is 3. The van der Waals surface area contributed by atoms with Crippen LogP contribution in [-0.4, -0.2) is 41.5 Å². The molecule has 8 nitrogen and oxygen atoms in total. The van der Waals surface area contributed by atoms with E-state index < -0.39 is 0 Å². The lowest BCUT2D eigenvalue weighted by Gasteiger charge is -2.32. The van der Waals surface area contributed by atoms with Gasteiger partial charge in [-0.1, -0.05) is 33.2 Å². The van der Waals surface area contributed by atoms with Crippen molar-refractivity contribution in [3.63, 3.8) is 0 Å². The molecule has 0 bridgehead atoms. The molecule has 0 amide bonds. The van der Waals surface area contributed by atoms with Crippen molar-refractivity contribution in [2.45, 2.75) is 18.5 Å². The number of tetrazole rings is 1. The number of halogens is 1. The normalized spacial score (nSPS) is 18.1. The van der Waals surface area contributed by atoms with Crippen molar-refractivity contribution in [1.29, 1.82) is 0 Å². The molecule has 0 radical (unpaired) electrons. The number of fused-ring (bicyclic) bond motifs is 1. The third-order valence-electron chi connectivity index (χ3n) is 4.90. The van der Waals surface area contributed by atoms with Crippen LogP contribution in [0.15, 0.2) is 40.9 Å². The van der Waals surface area contributed by atoms with Gasteiger partial charge in [0.05, 0.1) is 33.4 Å². The lowest BCUT2D eigenvalue weighted by atomic mass is 9.92. The van der Waals surface area contributed by atoms with Crippen LogP contribution in [0.25, 0.3) is 0 Å². The molecule has 1 aliphatic heterocycles. The molecule has 2 aromatic carbocycles. The molecule has 9 heteroatoms. The molecule has 1 aliphatic rings. The Labute approximate surface area is 170 Å². The van der Waals surface area contributed by atoms with E-state index in [9.17, 15) is 0 Å². The Bertz CT molecular complexity index is 993. The lowest BCUT2D eigenvalue weighted by Crippen LogP contribution is -2.28. The third kappa shape index (κ3) is 3.26. The highest BCUT2D eigenvalue weighted by molar-refractivity contribution is 9.10. The Hall–Kier alpha value is -2.81. The summed E-state index contributed by atoms with van der Waals surface area (Å²) in [6, 6.07) is 11.9. The maximum Gasteiger partial charge on any atom is 0.243 e. The van der Waals surface area contributed by atoms with Crippen LogP contribution in [0, 0.1) is 0 Å². The van der Waals surface area contributed by atoms with Gasteiger partial charge in [0.1, 0.15) is 5.75 Å². The molecule has 0 saturated heterocycles. The second kappa shape index (κ2) is 7.67. The molecule has 0 unspecified atom stereocenters. The summed E-state index contributed by atoms with van der Waals surface area (Å²) in [6.45, 7) is 0. The first-order valence-electron chi connectivity index (χ1n) is 8.74. The van der Waals surface area contributed by atoms with Crippen molar-refractivity contribution in [2.24, 2.45) is 0 Å². The highest BCUT2D eigenvalue weighted by atomic mass is 79.9. The summed E-state index contributed by atoms with van der Waals surface area (Å²) in [7, 11) is 4.85. The first kappa shape index (κ1) is 18.5. The summed E-state index contributed by atoms with van der Waals surface area (Å²) < 4.78 is 19.4. The number of benzene rings is 2. The van der Waals surface area contributed by atoms with Crippen molar-refractivity contribution in [1.82, 2.24) is 20.2 Å². The van der Waals surface area contributed by atoms with Crippen LogP contribution in [0.1, 0.15) is 29.6 Å². The van der Waals surface area contributed by atoms with Crippen LogP contribution in [0.2, 0.25) is 0 Å². The molecule has 0 spiro atoms. The van der Waals surface area contributed by atoms with Gasteiger partial charge in [0, 0.05) is 16.1 Å². The van der Waals surface area contributed by atoms with Crippen LogP contribution >= 0.6 is 15.9 Å². The van der Waals surface area contributed by atoms with E-state index in [-0.39, 0.29) is 12.1 Å². The van der Waals surface area contributed by atoms with E-state index in [4.69, 9.17) is 14.2 Å². The Morgan fingerprint density at radius 3 is 2.50 bits per heavy atom. The van der Waals surface area contributed by atoms with Gasteiger partial charge < -0.3 is 19.5 Å². The fourth-order valence-electron chi connectivity index (χ4n) is 3.55. The highest BCUT2D eigenvalue weighted by Gasteiger charge is 2.33. The molecule has 4 rings (SSSR count). The molecule has 0 saturated carbocycles. The van der Waals surface area contributed by atoms with E-state index in [2.05, 4.69) is 48.9 Å². The largest absolute Gasteiger partial charge is 0.496 e. The standard InChI is InChI=1S/C19H20BrN5O3/c1-26-16-10-18(28-3)17(27-2)8-13(16)15-9-14(11-5-4-6-12(20)7-11)21-19-22-23-24-25(15)19/h4-8,10,14-15H,9H2,1-3H3,(H,21,22,24)/t14-,15+/m0/s1. The number of anilines is 1. The maximum absolute atomic E-state index is 5.65. The quantitative estimate of drug-likeness (QED) is 0.641. The van der Waals surface area contributed by atoms with Crippen molar-refractivity contribution in [3.8, 4) is 17.2 Å². The minimum Gasteiger partial charge on any atom is -0.496 e. The van der Waals surface area contributed by atoms with Gasteiger partial charge in [-0.2, -0.15) is 0 Å². The molecule has 1 aromatic heterocycles. The van der Waals surface area contributed by atoms with Gasteiger partial charge in [0.2, 0.25) is 5.95 Å². The number of ether oxygens (including phenoxy) is 3. The van der Waals surface area contributed by atoms with Crippen LogP contribution in [-0.2, 0) is 0 Å². The number of nitrogens with zero attached hydrogens (tertiary/aromatic N) is 4. The van der Waals surface area contributed by atoms with Crippen LogP contribution in [0.4, 0.5) is 5.95 Å². The second-order valence-electron chi connectivity index (χ2n) is 6.40. The van der Waals surface area contributed by atoms with E-state index in [1.807, 2.05) is 24.3 Å². The Balaban J connectivity index is 1.80. The fraction of sp³-hybridized carbons (Fsp3) is 0.316. The Morgan fingerprint density at radius 1 is 1.04 bits per heavy atom. The molecule has 28 heavy (non-hydrogen) atoms. The van der Waals surface area contributed by atoms with Gasteiger partial charge in [0.15, 0.2) is 11.5 Å². The van der Waals surface area contributed by atoms with E-state index in [0.717, 1.165) is 22.0 Å². The third-order valence-corrected chi connectivity index (χ3v) is 5.39. The minimum absolute atomic E-state index is 0.0406. The zero-order valence-electron chi connectivity index (χ0n) is 15.7. The summed E-state index contributed by atoms with van der Waals surface area (Å²) >= 11 is 3.55. The summed E-state index contributed by atoms with van der Waals surface area (Å²) in [5.74, 6) is 2.54. The van der Waals surface area contributed by atoms with Gasteiger partial charge in [-0.15, -0.1) is 0 Å². The number of aromatic nitrogens is 4. The molecule has 0 fully saturated rings. The fourth-order valence-corrected chi connectivity index (χ4v) is 3.97. The van der Waals surface area contributed by atoms with Crippen LogP contribution in [0.5, 0.6) is 17.2 Å². The Kier molecular flexibility index (Phi) is 5.08. The lowest BCUT2D eigenvalue weighted by molar-refractivity contribution is 0.340. The summed E-state index contributed by atoms with van der Waals surface area (Å²) in [4.78, 5) is 0. The number of hydrogen-bond acceptors (Lipinski definition) is 7. The summed E-state index contributed by atoms with van der Waals surface area (Å²) in [6.07, 6.45) is 0.736. The van der Waals surface area contributed by atoms with Crippen molar-refractivity contribution >= 4 is 21.9 Å². The molecule has 146 valence electrons. The first-order chi connectivity index (χ1) is 13.6. The van der Waals surface area contributed by atoms with Gasteiger partial charge in [-0.05, 0) is 40.6 Å². The minimum atomic E-state index is -0.134. The first-order valence-corrected chi connectivity index (χ1v) is 9.53. The number of nitrogens with one attached hydrogen (secondary N) is 1. The smallest absolute Gasteiger partial charge is 0.243 e. The summed E-state index contributed by atoms with van der Waals surface area (Å²) in [5.41, 5.74) is 2.07. The van der Waals surface area contributed by atoms with E-state index in [1.165, 1.54) is 0 Å². The van der Waals surface area contributed by atoms with Crippen molar-refractivity contribution in [3.05, 3.63) is 52.0 Å². The van der Waals surface area contributed by atoms with Gasteiger partial charge in [-0.25, -0.2) is 4.68 Å². The predicted molar refractivity (Wildman–Crippen MR) is 107 cm³/mol. The molecular weight excluding hydrogens is 426 g/mol. The van der Waals surface area contributed by atoms with Crippen molar-refractivity contribution < 1.29 is 14.2 Å². The van der Waals surface area contributed by atoms with Crippen LogP contribution in [0.3, 0.4) is 0 Å². The average molecular weight is 446 g/mol.